The van der Waals surface area contributed by atoms with Crippen LogP contribution >= 0.6 is 15.9 Å². The lowest BCUT2D eigenvalue weighted by Gasteiger charge is -2.04. The number of aromatic nitrogens is 2. The molecule has 2 aromatic rings. The molecule has 2 rings (SSSR count). The van der Waals surface area contributed by atoms with E-state index in [1.807, 2.05) is 0 Å². The predicted octanol–water partition coefficient (Wildman–Crippen LogP) is 2.98. The SMILES string of the molecule is Cc1c(Br)ccc(-c2cc(C(=O)O)[nH]n2)c1F. The Morgan fingerprint density at radius 2 is 2.24 bits per heavy atom. The third-order valence-electron chi connectivity index (χ3n) is 2.40. The fourth-order valence-electron chi connectivity index (χ4n) is 1.43. The number of halogens is 2. The van der Waals surface area contributed by atoms with Crippen LogP contribution in [0.3, 0.4) is 0 Å². The van der Waals surface area contributed by atoms with Gasteiger partial charge in [-0.15, -0.1) is 0 Å². The van der Waals surface area contributed by atoms with Crippen molar-refractivity contribution >= 4 is 21.9 Å². The number of rotatable bonds is 2. The number of nitrogens with zero attached hydrogens (tertiary/aromatic N) is 1. The maximum absolute atomic E-state index is 13.9. The Morgan fingerprint density at radius 1 is 1.53 bits per heavy atom. The standard InChI is InChI=1S/C11H8BrFN2O2/c1-5-7(12)3-2-6(10(5)13)8-4-9(11(16)17)15-14-8/h2-4H,1H3,(H,14,15)(H,16,17). The van der Waals surface area contributed by atoms with Crippen LogP contribution in [0.25, 0.3) is 11.3 Å². The van der Waals surface area contributed by atoms with E-state index in [1.165, 1.54) is 6.07 Å². The summed E-state index contributed by atoms with van der Waals surface area (Å²) in [7, 11) is 0. The maximum atomic E-state index is 13.9. The smallest absolute Gasteiger partial charge is 0.353 e. The summed E-state index contributed by atoms with van der Waals surface area (Å²) in [6.45, 7) is 1.63. The molecule has 0 aliphatic rings. The minimum atomic E-state index is -1.13. The molecule has 4 nitrogen and oxygen atoms in total. The van der Waals surface area contributed by atoms with Crippen LogP contribution < -0.4 is 0 Å². The van der Waals surface area contributed by atoms with Gasteiger partial charge in [0.1, 0.15) is 11.5 Å². The summed E-state index contributed by atoms with van der Waals surface area (Å²) in [6, 6.07) is 4.55. The lowest BCUT2D eigenvalue weighted by Crippen LogP contribution is -1.95. The second kappa shape index (κ2) is 4.29. The molecule has 0 spiro atoms. The van der Waals surface area contributed by atoms with E-state index in [1.54, 1.807) is 19.1 Å². The molecule has 17 heavy (non-hydrogen) atoms. The molecule has 0 bridgehead atoms. The molecule has 0 saturated carbocycles. The fourth-order valence-corrected chi connectivity index (χ4v) is 1.73. The first-order chi connectivity index (χ1) is 8.00. The molecule has 0 amide bonds. The first-order valence-electron chi connectivity index (χ1n) is 4.74. The van der Waals surface area contributed by atoms with Crippen molar-refractivity contribution in [2.45, 2.75) is 6.92 Å². The van der Waals surface area contributed by atoms with Gasteiger partial charge in [-0.25, -0.2) is 9.18 Å². The summed E-state index contributed by atoms with van der Waals surface area (Å²) < 4.78 is 14.6. The molecule has 0 radical (unpaired) electrons. The second-order valence-corrected chi connectivity index (χ2v) is 4.36. The zero-order valence-electron chi connectivity index (χ0n) is 8.79. The maximum Gasteiger partial charge on any atom is 0.353 e. The highest BCUT2D eigenvalue weighted by molar-refractivity contribution is 9.10. The third-order valence-corrected chi connectivity index (χ3v) is 3.26. The zero-order valence-corrected chi connectivity index (χ0v) is 10.4. The van der Waals surface area contributed by atoms with Crippen molar-refractivity contribution in [2.24, 2.45) is 0 Å². The quantitative estimate of drug-likeness (QED) is 0.896. The van der Waals surface area contributed by atoms with Crippen molar-refractivity contribution in [2.75, 3.05) is 0 Å². The fraction of sp³-hybridized carbons (Fsp3) is 0.0909. The Balaban J connectivity index is 2.53. The van der Waals surface area contributed by atoms with Gasteiger partial charge in [-0.3, -0.25) is 5.10 Å². The van der Waals surface area contributed by atoms with Gasteiger partial charge in [0.05, 0.1) is 5.69 Å². The van der Waals surface area contributed by atoms with E-state index < -0.39 is 11.8 Å². The van der Waals surface area contributed by atoms with Gasteiger partial charge >= 0.3 is 5.97 Å². The summed E-state index contributed by atoms with van der Waals surface area (Å²) in [5.74, 6) is -1.54. The highest BCUT2D eigenvalue weighted by atomic mass is 79.9. The van der Waals surface area contributed by atoms with E-state index in [-0.39, 0.29) is 17.0 Å². The van der Waals surface area contributed by atoms with Gasteiger partial charge in [-0.1, -0.05) is 15.9 Å². The molecule has 0 saturated heterocycles. The highest BCUT2D eigenvalue weighted by Gasteiger charge is 2.14. The molecule has 88 valence electrons. The van der Waals surface area contributed by atoms with E-state index in [0.717, 1.165) is 0 Å². The molecule has 2 N–H and O–H groups in total. The van der Waals surface area contributed by atoms with Crippen LogP contribution in [0.1, 0.15) is 16.1 Å². The summed E-state index contributed by atoms with van der Waals surface area (Å²) in [6.07, 6.45) is 0. The number of hydrogen-bond donors (Lipinski definition) is 2. The monoisotopic (exact) mass is 298 g/mol. The number of carboxylic acids is 1. The van der Waals surface area contributed by atoms with Crippen molar-refractivity contribution < 1.29 is 14.3 Å². The Bertz CT molecular complexity index is 595. The zero-order chi connectivity index (χ0) is 12.6. The molecular formula is C11H8BrFN2O2. The van der Waals surface area contributed by atoms with Gasteiger partial charge in [-0.05, 0) is 30.7 Å². The van der Waals surface area contributed by atoms with Crippen molar-refractivity contribution in [3.05, 3.63) is 39.7 Å². The van der Waals surface area contributed by atoms with Crippen LogP contribution in [0.15, 0.2) is 22.7 Å². The average Bonchev–Trinajstić information content (AvgIpc) is 2.75. The molecule has 0 atom stereocenters. The van der Waals surface area contributed by atoms with E-state index in [0.29, 0.717) is 10.0 Å². The number of aromatic amines is 1. The van der Waals surface area contributed by atoms with Crippen LogP contribution in [-0.4, -0.2) is 21.3 Å². The molecule has 0 fully saturated rings. The summed E-state index contributed by atoms with van der Waals surface area (Å²) in [5.41, 5.74) is 0.937. The number of aromatic carboxylic acids is 1. The largest absolute Gasteiger partial charge is 0.477 e. The average molecular weight is 299 g/mol. The van der Waals surface area contributed by atoms with Gasteiger partial charge in [0, 0.05) is 10.0 Å². The van der Waals surface area contributed by atoms with Gasteiger partial charge in [0.15, 0.2) is 0 Å². The van der Waals surface area contributed by atoms with Crippen LogP contribution in [0.4, 0.5) is 4.39 Å². The van der Waals surface area contributed by atoms with Crippen LogP contribution in [0.2, 0.25) is 0 Å². The Morgan fingerprint density at radius 3 is 2.82 bits per heavy atom. The molecule has 1 aromatic heterocycles. The molecule has 1 heterocycles. The minimum absolute atomic E-state index is 0.0695. The van der Waals surface area contributed by atoms with E-state index >= 15 is 0 Å². The normalized spacial score (nSPS) is 10.5. The van der Waals surface area contributed by atoms with Crippen molar-refractivity contribution in [3.63, 3.8) is 0 Å². The van der Waals surface area contributed by atoms with E-state index in [9.17, 15) is 9.18 Å². The molecule has 0 aliphatic heterocycles. The van der Waals surface area contributed by atoms with E-state index in [4.69, 9.17) is 5.11 Å². The number of carboxylic acid groups (broad SMARTS) is 1. The van der Waals surface area contributed by atoms with Crippen LogP contribution in [0, 0.1) is 12.7 Å². The molecular weight excluding hydrogens is 291 g/mol. The highest BCUT2D eigenvalue weighted by Crippen LogP contribution is 2.28. The Labute approximate surface area is 105 Å². The number of nitrogens with one attached hydrogen (secondary N) is 1. The summed E-state index contributed by atoms with van der Waals surface area (Å²) >= 11 is 3.22. The van der Waals surface area contributed by atoms with Crippen molar-refractivity contribution in [3.8, 4) is 11.3 Å². The minimum Gasteiger partial charge on any atom is -0.477 e. The van der Waals surface area contributed by atoms with E-state index in [2.05, 4.69) is 26.1 Å². The summed E-state index contributed by atoms with van der Waals surface area (Å²) in [5, 5.41) is 14.9. The Kier molecular flexibility index (Phi) is 2.97. The first-order valence-corrected chi connectivity index (χ1v) is 5.53. The van der Waals surface area contributed by atoms with Crippen molar-refractivity contribution in [1.82, 2.24) is 10.2 Å². The number of benzene rings is 1. The van der Waals surface area contributed by atoms with Crippen molar-refractivity contribution in [1.29, 1.82) is 0 Å². The Hall–Kier alpha value is -1.69. The van der Waals surface area contributed by atoms with Crippen LogP contribution in [0.5, 0.6) is 0 Å². The molecule has 1 aromatic carbocycles. The molecule has 0 unspecified atom stereocenters. The molecule has 0 aliphatic carbocycles. The lowest BCUT2D eigenvalue weighted by molar-refractivity contribution is 0.0690. The third kappa shape index (κ3) is 2.08. The number of hydrogen-bond acceptors (Lipinski definition) is 2. The van der Waals surface area contributed by atoms with Gasteiger partial charge in [-0.2, -0.15) is 5.10 Å². The van der Waals surface area contributed by atoms with Crippen LogP contribution in [-0.2, 0) is 0 Å². The lowest BCUT2D eigenvalue weighted by atomic mass is 10.1. The molecule has 6 heteroatoms. The number of H-pyrrole nitrogens is 1. The van der Waals surface area contributed by atoms with Gasteiger partial charge < -0.3 is 5.11 Å². The van der Waals surface area contributed by atoms with Gasteiger partial charge in [0.25, 0.3) is 0 Å². The summed E-state index contributed by atoms with van der Waals surface area (Å²) in [4.78, 5) is 10.7. The van der Waals surface area contributed by atoms with Gasteiger partial charge in [0.2, 0.25) is 0 Å². The second-order valence-electron chi connectivity index (χ2n) is 3.51. The predicted molar refractivity (Wildman–Crippen MR) is 63.4 cm³/mol. The topological polar surface area (TPSA) is 66.0 Å². The number of carbonyl (C=O) groups is 1. The first kappa shape index (κ1) is 11.8.